The topological polar surface area (TPSA) is 131 Å². The van der Waals surface area contributed by atoms with Crippen molar-refractivity contribution < 1.29 is 18.8 Å². The number of anilines is 1. The van der Waals surface area contributed by atoms with Gasteiger partial charge < -0.3 is 19.5 Å². The van der Waals surface area contributed by atoms with E-state index in [9.17, 15) is 19.6 Å². The van der Waals surface area contributed by atoms with Gasteiger partial charge in [0.1, 0.15) is 17.2 Å². The molecule has 0 atom stereocenters. The van der Waals surface area contributed by atoms with Gasteiger partial charge >= 0.3 is 5.63 Å². The first-order valence-electron chi connectivity index (χ1n) is 18.4. The number of piperidine rings is 1. The molecule has 4 heterocycles. The lowest BCUT2D eigenvalue weighted by Gasteiger charge is -2.37. The summed E-state index contributed by atoms with van der Waals surface area (Å²) in [7, 11) is 1.89. The highest BCUT2D eigenvalue weighted by atomic mass is 32.2. The summed E-state index contributed by atoms with van der Waals surface area (Å²) < 4.78 is 9.17. The third-order valence-electron chi connectivity index (χ3n) is 10.3. The predicted molar refractivity (Wildman–Crippen MR) is 204 cm³/mol. The third kappa shape index (κ3) is 9.07. The number of nitriles is 1. The molecule has 0 saturated carbocycles. The first kappa shape index (κ1) is 37.6. The van der Waals surface area contributed by atoms with Crippen molar-refractivity contribution >= 4 is 46.5 Å². The van der Waals surface area contributed by atoms with Crippen LogP contribution in [0.1, 0.15) is 68.2 Å². The van der Waals surface area contributed by atoms with Gasteiger partial charge in [-0.3, -0.25) is 14.4 Å². The van der Waals surface area contributed by atoms with Gasteiger partial charge in [0.15, 0.2) is 0 Å². The summed E-state index contributed by atoms with van der Waals surface area (Å²) in [5.41, 5.74) is 4.78. The lowest BCUT2D eigenvalue weighted by Crippen LogP contribution is -2.44. The SMILES string of the molecule is Cc1ccc(SNCN(C)OCC(C)(C)CCNC(=O)C2CCN(C(=O)/C(C#N)=C/c3cc4cc5c6c(c4oc3=O)CCCN6CCC5)CC2)cc1. The van der Waals surface area contributed by atoms with Crippen LogP contribution in [0.25, 0.3) is 17.0 Å². The van der Waals surface area contributed by atoms with Gasteiger partial charge in [0.05, 0.1) is 18.8 Å². The van der Waals surface area contributed by atoms with Crippen molar-refractivity contribution in [1.82, 2.24) is 20.0 Å². The van der Waals surface area contributed by atoms with Crippen LogP contribution in [0.5, 0.6) is 0 Å². The molecule has 0 radical (unpaired) electrons. The van der Waals surface area contributed by atoms with Crippen molar-refractivity contribution in [3.8, 4) is 6.07 Å². The monoisotopic (exact) mass is 726 g/mol. The maximum Gasteiger partial charge on any atom is 0.343 e. The highest BCUT2D eigenvalue weighted by Gasteiger charge is 2.30. The maximum absolute atomic E-state index is 13.4. The molecule has 1 saturated heterocycles. The molecule has 52 heavy (non-hydrogen) atoms. The van der Waals surface area contributed by atoms with Crippen LogP contribution in [0.3, 0.4) is 0 Å². The number of carbonyl (C=O) groups excluding carboxylic acids is 2. The predicted octanol–water partition coefficient (Wildman–Crippen LogP) is 5.60. The Bertz CT molecular complexity index is 1910. The number of nitrogens with one attached hydrogen (secondary N) is 2. The molecule has 1 fully saturated rings. The number of fused-ring (bicyclic) bond motifs is 2. The van der Waals surface area contributed by atoms with Crippen LogP contribution in [0.15, 0.2) is 56.1 Å². The summed E-state index contributed by atoms with van der Waals surface area (Å²) >= 11 is 1.56. The van der Waals surface area contributed by atoms with E-state index in [1.807, 2.05) is 13.1 Å². The van der Waals surface area contributed by atoms with E-state index < -0.39 is 11.5 Å². The summed E-state index contributed by atoms with van der Waals surface area (Å²) in [5.74, 6) is -0.670. The second kappa shape index (κ2) is 16.7. The number of hydrogen-bond acceptors (Lipinski definition) is 10. The van der Waals surface area contributed by atoms with E-state index in [2.05, 4.69) is 66.0 Å². The Balaban J connectivity index is 0.959. The van der Waals surface area contributed by atoms with E-state index in [4.69, 9.17) is 9.25 Å². The number of hydrogen-bond donors (Lipinski definition) is 2. The van der Waals surface area contributed by atoms with E-state index >= 15 is 0 Å². The van der Waals surface area contributed by atoms with Crippen LogP contribution < -0.4 is 20.6 Å². The molecule has 0 bridgehead atoms. The zero-order chi connectivity index (χ0) is 36.8. The number of likely N-dealkylation sites (tertiary alicyclic amines) is 1. The van der Waals surface area contributed by atoms with Gasteiger partial charge in [0.25, 0.3) is 5.91 Å². The number of aryl methyl sites for hydroxylation is 3. The molecule has 12 heteroatoms. The Morgan fingerprint density at radius 3 is 2.58 bits per heavy atom. The van der Waals surface area contributed by atoms with Crippen molar-refractivity contribution in [2.45, 2.75) is 70.6 Å². The minimum Gasteiger partial charge on any atom is -0.422 e. The van der Waals surface area contributed by atoms with Gasteiger partial charge in [0, 0.05) is 67.2 Å². The van der Waals surface area contributed by atoms with Crippen LogP contribution >= 0.6 is 11.9 Å². The molecule has 2 aromatic carbocycles. The molecule has 11 nitrogen and oxygen atoms in total. The smallest absolute Gasteiger partial charge is 0.343 e. The van der Waals surface area contributed by atoms with Crippen molar-refractivity contribution in [3.05, 3.63) is 74.6 Å². The minimum absolute atomic E-state index is 0.0209. The highest BCUT2D eigenvalue weighted by Crippen LogP contribution is 2.40. The normalized spacial score (nSPS) is 16.6. The molecule has 3 aliphatic heterocycles. The number of nitrogens with zero attached hydrogens (tertiary/aromatic N) is 4. The fourth-order valence-corrected chi connectivity index (χ4v) is 7.94. The standard InChI is InChI=1S/C40H50N6O5S/c1-27-9-11-33(12-10-27)52-43-26-44(4)50-25-40(2,3)15-16-42-37(47)28-13-19-46(20-14-28)38(48)32(24-41)23-31-22-30-21-29-7-5-17-45-18-6-8-34(35(29)45)36(30)51-39(31)49/h9-12,21-23,28,43H,5-8,13-20,25-26H2,1-4H3,(H,42,47)/b32-23+. The van der Waals surface area contributed by atoms with Crippen molar-refractivity contribution in [2.75, 3.05) is 57.9 Å². The number of amides is 2. The first-order chi connectivity index (χ1) is 25.0. The van der Waals surface area contributed by atoms with Crippen molar-refractivity contribution in [2.24, 2.45) is 11.3 Å². The fraction of sp³-hybridized carbons (Fsp3) is 0.500. The van der Waals surface area contributed by atoms with Crippen LogP contribution in [-0.4, -0.2) is 74.8 Å². The lowest BCUT2D eigenvalue weighted by atomic mass is 9.90. The van der Waals surface area contributed by atoms with Gasteiger partial charge in [0.2, 0.25) is 5.91 Å². The molecule has 2 amide bonds. The average Bonchev–Trinajstić information content (AvgIpc) is 3.14. The van der Waals surface area contributed by atoms with Crippen LogP contribution in [0, 0.1) is 29.6 Å². The Kier molecular flexibility index (Phi) is 12.1. The zero-order valence-electron chi connectivity index (χ0n) is 30.8. The van der Waals surface area contributed by atoms with E-state index in [1.165, 1.54) is 22.9 Å². The number of carbonyl (C=O) groups is 2. The second-order valence-electron chi connectivity index (χ2n) is 15.0. The minimum atomic E-state index is -0.556. The molecule has 0 spiro atoms. The quantitative estimate of drug-likeness (QED) is 0.0574. The highest BCUT2D eigenvalue weighted by molar-refractivity contribution is 7.97. The molecule has 1 aromatic heterocycles. The number of benzene rings is 2. The Morgan fingerprint density at radius 1 is 1.12 bits per heavy atom. The maximum atomic E-state index is 13.4. The van der Waals surface area contributed by atoms with Crippen LogP contribution in [0.4, 0.5) is 5.69 Å². The van der Waals surface area contributed by atoms with Crippen LogP contribution in [0.2, 0.25) is 0 Å². The van der Waals surface area contributed by atoms with Gasteiger partial charge in [-0.1, -0.05) is 31.5 Å². The number of hydroxylamine groups is 2. The van der Waals surface area contributed by atoms with Gasteiger partial charge in [-0.25, -0.2) is 9.52 Å². The van der Waals surface area contributed by atoms with Crippen LogP contribution in [-0.2, 0) is 27.3 Å². The summed E-state index contributed by atoms with van der Waals surface area (Å²) in [4.78, 5) is 50.7. The van der Waals surface area contributed by atoms with E-state index in [-0.39, 0.29) is 28.4 Å². The molecule has 0 unspecified atom stereocenters. The fourth-order valence-electron chi connectivity index (χ4n) is 7.26. The molecule has 3 aliphatic rings. The summed E-state index contributed by atoms with van der Waals surface area (Å²) in [6.45, 7) is 10.6. The van der Waals surface area contributed by atoms with Gasteiger partial charge in [-0.2, -0.15) is 10.3 Å². The first-order valence-corrected chi connectivity index (χ1v) is 19.2. The molecule has 6 rings (SSSR count). The summed E-state index contributed by atoms with van der Waals surface area (Å²) in [6, 6.07) is 14.2. The lowest BCUT2D eigenvalue weighted by molar-refractivity contribution is -0.164. The Morgan fingerprint density at radius 2 is 1.85 bits per heavy atom. The van der Waals surface area contributed by atoms with Crippen molar-refractivity contribution in [3.63, 3.8) is 0 Å². The molecule has 276 valence electrons. The summed E-state index contributed by atoms with van der Waals surface area (Å²) in [6.07, 6.45) is 7.06. The van der Waals surface area contributed by atoms with Crippen molar-refractivity contribution in [1.29, 1.82) is 5.26 Å². The Labute approximate surface area is 310 Å². The van der Waals surface area contributed by atoms with E-state index in [0.29, 0.717) is 51.3 Å². The summed E-state index contributed by atoms with van der Waals surface area (Å²) in [5, 5.41) is 15.6. The average molecular weight is 727 g/mol. The zero-order valence-corrected chi connectivity index (χ0v) is 31.6. The van der Waals surface area contributed by atoms with Gasteiger partial charge in [-0.15, -0.1) is 0 Å². The van der Waals surface area contributed by atoms with E-state index in [1.54, 1.807) is 28.0 Å². The Hall–Kier alpha value is -4.15. The number of rotatable bonds is 13. The third-order valence-corrected chi connectivity index (χ3v) is 11.1. The molecule has 0 aliphatic carbocycles. The molecule has 2 N–H and O–H groups in total. The van der Waals surface area contributed by atoms with Gasteiger partial charge in [-0.05, 0) is 105 Å². The van der Waals surface area contributed by atoms with E-state index in [0.717, 1.165) is 61.0 Å². The molecular weight excluding hydrogens is 677 g/mol. The second-order valence-corrected chi connectivity index (χ2v) is 16.0. The molecule has 3 aromatic rings. The largest absolute Gasteiger partial charge is 0.422 e. The molecular formula is C40H50N6O5S.